The molecule has 3 N–H and O–H groups in total. The Hall–Kier alpha value is -0.670. The Balaban J connectivity index is 0.000000241. The maximum Gasteiger partial charge on any atom is 0.490 e. The fourth-order valence-electron chi connectivity index (χ4n) is 0.434. The van der Waals surface area contributed by atoms with Gasteiger partial charge in [0.15, 0.2) is 11.1 Å². The van der Waals surface area contributed by atoms with Crippen LogP contribution in [0.25, 0.3) is 0 Å². The monoisotopic (exact) mass is 235 g/mol. The lowest BCUT2D eigenvalue weighted by Gasteiger charge is -1.93. The lowest BCUT2D eigenvalue weighted by molar-refractivity contribution is -0.192. The predicted molar refractivity (Wildman–Crippen MR) is 40.6 cm³/mol. The molecule has 9 heteroatoms. The largest absolute Gasteiger partial charge is 0.490 e. The van der Waals surface area contributed by atoms with Gasteiger partial charge in [0, 0.05) is 6.04 Å². The second-order valence-electron chi connectivity index (χ2n) is 2.32. The van der Waals surface area contributed by atoms with E-state index in [4.69, 9.17) is 15.6 Å². The zero-order valence-corrected chi connectivity index (χ0v) is 7.60. The van der Waals surface area contributed by atoms with Crippen molar-refractivity contribution in [2.75, 3.05) is 12.4 Å². The maximum absolute atomic E-state index is 10.6. The minimum atomic E-state index is -5.08. The van der Waals surface area contributed by atoms with E-state index in [0.717, 1.165) is 0 Å². The van der Waals surface area contributed by atoms with Gasteiger partial charge in [0.25, 0.3) is 0 Å². The Bertz CT molecular complexity index is 232. The van der Waals surface area contributed by atoms with Crippen LogP contribution in [0.15, 0.2) is 0 Å². The van der Waals surface area contributed by atoms with Crippen LogP contribution in [-0.2, 0) is 20.1 Å². The van der Waals surface area contributed by atoms with E-state index in [2.05, 4.69) is 4.18 Å². The molecule has 1 aliphatic heterocycles. The van der Waals surface area contributed by atoms with Gasteiger partial charge in [-0.25, -0.2) is 9.00 Å². The number of nitrogens with two attached hydrogens (primary N) is 1. The molecule has 0 saturated carbocycles. The van der Waals surface area contributed by atoms with Gasteiger partial charge in [-0.1, -0.05) is 0 Å². The van der Waals surface area contributed by atoms with Gasteiger partial charge in [-0.15, -0.1) is 0 Å². The van der Waals surface area contributed by atoms with Crippen LogP contribution in [0.2, 0.25) is 0 Å². The normalized spacial score (nSPS) is 26.6. The van der Waals surface area contributed by atoms with Crippen LogP contribution in [0.4, 0.5) is 13.2 Å². The van der Waals surface area contributed by atoms with Crippen molar-refractivity contribution in [3.8, 4) is 0 Å². The molecule has 1 aliphatic rings. The molecule has 0 amide bonds. The minimum absolute atomic E-state index is 0.000772. The molecule has 1 unspecified atom stereocenters. The quantitative estimate of drug-likeness (QED) is 0.598. The van der Waals surface area contributed by atoms with Crippen LogP contribution in [0.5, 0.6) is 0 Å². The zero-order chi connectivity index (χ0) is 11.4. The molecular weight excluding hydrogens is 227 g/mol. The highest BCUT2D eigenvalue weighted by molar-refractivity contribution is 7.80. The first-order valence-electron chi connectivity index (χ1n) is 3.31. The Morgan fingerprint density at radius 3 is 2.07 bits per heavy atom. The van der Waals surface area contributed by atoms with E-state index in [-0.39, 0.29) is 6.04 Å². The highest BCUT2D eigenvalue weighted by Crippen LogP contribution is 2.13. The number of hydrogen-bond acceptors (Lipinski definition) is 4. The molecule has 2 atom stereocenters. The van der Waals surface area contributed by atoms with E-state index in [1.54, 1.807) is 0 Å². The van der Waals surface area contributed by atoms with Crippen molar-refractivity contribution >= 4 is 17.0 Å². The molecule has 0 radical (unpaired) electrons. The number of carboxylic acid groups (broad SMARTS) is 1. The highest BCUT2D eigenvalue weighted by Gasteiger charge is 2.38. The molecule has 0 aromatic rings. The number of hydrogen-bond donors (Lipinski definition) is 2. The van der Waals surface area contributed by atoms with E-state index in [0.29, 0.717) is 12.4 Å². The van der Waals surface area contributed by atoms with Gasteiger partial charge in [0.1, 0.15) is 0 Å². The Labute approximate surface area is 79.7 Å². The van der Waals surface area contributed by atoms with Gasteiger partial charge in [0.2, 0.25) is 0 Å². The van der Waals surface area contributed by atoms with E-state index in [1.165, 1.54) is 0 Å². The third kappa shape index (κ3) is 5.89. The molecule has 0 aromatic carbocycles. The smallest absolute Gasteiger partial charge is 0.475 e. The van der Waals surface area contributed by atoms with Crippen molar-refractivity contribution in [3.63, 3.8) is 0 Å². The summed E-state index contributed by atoms with van der Waals surface area (Å²) >= 11 is -1.08. The van der Waals surface area contributed by atoms with Crippen molar-refractivity contribution < 1.29 is 31.5 Å². The summed E-state index contributed by atoms with van der Waals surface area (Å²) in [5, 5.41) is 7.12. The third-order valence-corrected chi connectivity index (χ3v) is 2.11. The fourth-order valence-corrected chi connectivity index (χ4v) is 1.30. The number of rotatable bonds is 0. The molecular formula is C5H8F3NO4S. The summed E-state index contributed by atoms with van der Waals surface area (Å²) in [4.78, 5) is 8.90. The first-order valence-corrected chi connectivity index (χ1v) is 4.55. The molecule has 1 saturated heterocycles. The Kier molecular flexibility index (Phi) is 5.02. The highest BCUT2D eigenvalue weighted by atomic mass is 32.2. The summed E-state index contributed by atoms with van der Waals surface area (Å²) in [5.74, 6) is -2.26. The first-order chi connectivity index (χ1) is 6.23. The van der Waals surface area contributed by atoms with Crippen LogP contribution < -0.4 is 5.73 Å². The van der Waals surface area contributed by atoms with Crippen LogP contribution >= 0.6 is 0 Å². The van der Waals surface area contributed by atoms with E-state index in [9.17, 15) is 17.4 Å². The van der Waals surface area contributed by atoms with Gasteiger partial charge in [-0.2, -0.15) is 13.2 Å². The standard InChI is InChI=1S/C3H7NO2S.C2HF3O2/c4-3-1-6-7(5)2-3;3-2(4,5)1(6)7/h3H,1-2,4H2;(H,6,7)/t3?,7-;/m1./s1. The molecule has 14 heavy (non-hydrogen) atoms. The maximum atomic E-state index is 10.6. The van der Waals surface area contributed by atoms with Crippen molar-refractivity contribution in [1.82, 2.24) is 0 Å². The molecule has 84 valence electrons. The molecule has 0 aromatic heterocycles. The molecule has 1 heterocycles. The number of carboxylic acids is 1. The number of alkyl halides is 3. The fraction of sp³-hybridized carbons (Fsp3) is 0.800. The first kappa shape index (κ1) is 13.3. The number of carbonyl (C=O) groups is 1. The van der Waals surface area contributed by atoms with Crippen molar-refractivity contribution in [2.24, 2.45) is 5.73 Å². The van der Waals surface area contributed by atoms with E-state index in [1.807, 2.05) is 0 Å². The van der Waals surface area contributed by atoms with Gasteiger partial charge in [-0.3, -0.25) is 4.18 Å². The van der Waals surface area contributed by atoms with E-state index >= 15 is 0 Å². The number of aliphatic carboxylic acids is 1. The SMILES string of the molecule is NC1CO[S@@](=O)C1.O=C(O)C(F)(F)F. The summed E-state index contributed by atoms with van der Waals surface area (Å²) in [6.45, 7) is 0.451. The topological polar surface area (TPSA) is 89.6 Å². The number of halogens is 3. The molecule has 0 aliphatic carbocycles. The second kappa shape index (κ2) is 5.27. The second-order valence-corrected chi connectivity index (χ2v) is 3.49. The summed E-state index contributed by atoms with van der Waals surface area (Å²) in [5.41, 5.74) is 5.31. The van der Waals surface area contributed by atoms with Crippen molar-refractivity contribution in [3.05, 3.63) is 0 Å². The van der Waals surface area contributed by atoms with Crippen molar-refractivity contribution in [1.29, 1.82) is 0 Å². The average molecular weight is 235 g/mol. The molecule has 1 fully saturated rings. The summed E-state index contributed by atoms with van der Waals surface area (Å²) in [6, 6.07) is 0.000772. The van der Waals surface area contributed by atoms with E-state index < -0.39 is 23.2 Å². The van der Waals surface area contributed by atoms with Gasteiger partial charge in [-0.05, 0) is 0 Å². The third-order valence-electron chi connectivity index (χ3n) is 1.01. The average Bonchev–Trinajstić information content (AvgIpc) is 2.33. The molecule has 5 nitrogen and oxygen atoms in total. The Morgan fingerprint density at radius 1 is 1.57 bits per heavy atom. The summed E-state index contributed by atoms with van der Waals surface area (Å²) < 4.78 is 46.6. The minimum Gasteiger partial charge on any atom is -0.475 e. The lowest BCUT2D eigenvalue weighted by Crippen LogP contribution is -2.22. The van der Waals surface area contributed by atoms with Crippen LogP contribution in [-0.4, -0.2) is 39.9 Å². The zero-order valence-electron chi connectivity index (χ0n) is 6.78. The molecule has 0 bridgehead atoms. The van der Waals surface area contributed by atoms with Crippen molar-refractivity contribution in [2.45, 2.75) is 12.2 Å². The Morgan fingerprint density at radius 2 is 2.00 bits per heavy atom. The lowest BCUT2D eigenvalue weighted by atomic mass is 10.4. The van der Waals surface area contributed by atoms with Gasteiger partial charge < -0.3 is 10.8 Å². The van der Waals surface area contributed by atoms with Crippen LogP contribution in [0.1, 0.15) is 0 Å². The summed E-state index contributed by atoms with van der Waals surface area (Å²) in [6.07, 6.45) is -5.08. The summed E-state index contributed by atoms with van der Waals surface area (Å²) in [7, 11) is 0. The molecule has 1 rings (SSSR count). The van der Waals surface area contributed by atoms with Crippen LogP contribution in [0, 0.1) is 0 Å². The van der Waals surface area contributed by atoms with Crippen LogP contribution in [0.3, 0.4) is 0 Å². The van der Waals surface area contributed by atoms with Gasteiger partial charge in [0.05, 0.1) is 12.4 Å². The molecule has 0 spiro atoms. The predicted octanol–water partition coefficient (Wildman–Crippen LogP) is -0.359. The van der Waals surface area contributed by atoms with Gasteiger partial charge >= 0.3 is 12.1 Å².